The van der Waals surface area contributed by atoms with Gasteiger partial charge in [-0.25, -0.2) is 0 Å². The molecule has 0 aromatic heterocycles. The van der Waals surface area contributed by atoms with Crippen LogP contribution in [0.3, 0.4) is 0 Å². The number of ether oxygens (including phenoxy) is 1. The molecule has 0 amide bonds. The van der Waals surface area contributed by atoms with Crippen molar-refractivity contribution in [2.24, 2.45) is 0 Å². The predicted octanol–water partition coefficient (Wildman–Crippen LogP) is 3.88. The molecule has 4 heteroatoms. The summed E-state index contributed by atoms with van der Waals surface area (Å²) in [6.45, 7) is 2.51. The Morgan fingerprint density at radius 2 is 2.12 bits per heavy atom. The molecule has 0 heterocycles. The normalized spacial score (nSPS) is 10.2. The van der Waals surface area contributed by atoms with Crippen LogP contribution in [-0.2, 0) is 16.0 Å². The van der Waals surface area contributed by atoms with Crippen LogP contribution >= 0.6 is 23.2 Å². The molecule has 0 bridgehead atoms. The second kappa shape index (κ2) is 6.77. The largest absolute Gasteiger partial charge is 0.465 e. The van der Waals surface area contributed by atoms with Gasteiger partial charge in [0.2, 0.25) is 0 Å². The van der Waals surface area contributed by atoms with Gasteiger partial charge in [-0.05, 0) is 18.1 Å². The number of esters is 1. The molecule has 0 atom stereocenters. The molecule has 16 heavy (non-hydrogen) atoms. The van der Waals surface area contributed by atoms with E-state index < -0.39 is 0 Å². The molecule has 0 saturated heterocycles. The molecular weight excluding hydrogens is 247 g/mol. The van der Waals surface area contributed by atoms with Gasteiger partial charge in [0.05, 0.1) is 23.1 Å². The summed E-state index contributed by atoms with van der Waals surface area (Å²) < 4.78 is 5.04. The Morgan fingerprint density at radius 3 is 2.81 bits per heavy atom. The Hall–Kier alpha value is -0.730. The van der Waals surface area contributed by atoms with Gasteiger partial charge in [-0.2, -0.15) is 0 Å². The van der Waals surface area contributed by atoms with Crippen molar-refractivity contribution in [1.82, 2.24) is 0 Å². The minimum Gasteiger partial charge on any atom is -0.465 e. The molecule has 1 aromatic carbocycles. The maximum absolute atomic E-state index is 11.4. The monoisotopic (exact) mass is 260 g/mol. The Labute approximate surface area is 106 Å². The summed E-state index contributed by atoms with van der Waals surface area (Å²) in [5.41, 5.74) is 0.704. The number of benzene rings is 1. The van der Waals surface area contributed by atoms with E-state index in [1.807, 2.05) is 6.92 Å². The summed E-state index contributed by atoms with van der Waals surface area (Å²) in [7, 11) is 0. The van der Waals surface area contributed by atoms with Crippen LogP contribution in [0.1, 0.15) is 25.3 Å². The summed E-state index contributed by atoms with van der Waals surface area (Å²) >= 11 is 11.8. The molecule has 0 fully saturated rings. The number of unbranched alkanes of at least 4 members (excludes halogenated alkanes) is 1. The molecule has 0 aliphatic carbocycles. The van der Waals surface area contributed by atoms with Crippen molar-refractivity contribution in [1.29, 1.82) is 0 Å². The lowest BCUT2D eigenvalue weighted by Crippen LogP contribution is -2.09. The maximum Gasteiger partial charge on any atom is 0.310 e. The number of hydrogen-bond donors (Lipinski definition) is 0. The first-order chi connectivity index (χ1) is 7.65. The Balaban J connectivity index is 2.53. The van der Waals surface area contributed by atoms with E-state index >= 15 is 0 Å². The highest BCUT2D eigenvalue weighted by Gasteiger charge is 2.09. The topological polar surface area (TPSA) is 26.3 Å². The summed E-state index contributed by atoms with van der Waals surface area (Å²) in [5, 5.41) is 0.886. The minimum absolute atomic E-state index is 0.170. The first-order valence-electron chi connectivity index (χ1n) is 5.23. The van der Waals surface area contributed by atoms with Gasteiger partial charge in [0.15, 0.2) is 0 Å². The summed E-state index contributed by atoms with van der Waals surface area (Å²) in [4.78, 5) is 11.4. The molecule has 0 aliphatic heterocycles. The molecule has 1 aromatic rings. The van der Waals surface area contributed by atoms with Crippen molar-refractivity contribution in [2.75, 3.05) is 6.61 Å². The zero-order chi connectivity index (χ0) is 12.0. The van der Waals surface area contributed by atoms with Crippen LogP contribution in [-0.4, -0.2) is 12.6 Å². The molecule has 1 rings (SSSR count). The number of carbonyl (C=O) groups excluding carboxylic acids is 1. The van der Waals surface area contributed by atoms with Crippen LogP contribution in [0.5, 0.6) is 0 Å². The van der Waals surface area contributed by atoms with Crippen LogP contribution in [0.4, 0.5) is 0 Å². The zero-order valence-electron chi connectivity index (χ0n) is 9.13. The summed E-state index contributed by atoms with van der Waals surface area (Å²) in [6.07, 6.45) is 2.06. The van der Waals surface area contributed by atoms with Crippen LogP contribution in [0.15, 0.2) is 18.2 Å². The standard InChI is InChI=1S/C12H14Cl2O2/c1-2-3-7-16-11(15)8-9-5-4-6-10(13)12(9)14/h4-6H,2-3,7-8H2,1H3. The molecule has 0 N–H and O–H groups in total. The van der Waals surface area contributed by atoms with Crippen molar-refractivity contribution >= 4 is 29.2 Å². The van der Waals surface area contributed by atoms with Gasteiger partial charge in [0.1, 0.15) is 0 Å². The highest BCUT2D eigenvalue weighted by atomic mass is 35.5. The van der Waals surface area contributed by atoms with Crippen molar-refractivity contribution in [3.8, 4) is 0 Å². The highest BCUT2D eigenvalue weighted by Crippen LogP contribution is 2.25. The lowest BCUT2D eigenvalue weighted by atomic mass is 10.1. The molecule has 0 saturated carbocycles. The Bertz CT molecular complexity index is 364. The maximum atomic E-state index is 11.4. The first kappa shape index (κ1) is 13.3. The summed E-state index contributed by atoms with van der Waals surface area (Å²) in [6, 6.07) is 5.23. The Morgan fingerprint density at radius 1 is 1.38 bits per heavy atom. The Kier molecular flexibility index (Phi) is 5.64. The molecule has 0 unspecified atom stereocenters. The van der Waals surface area contributed by atoms with Crippen LogP contribution in [0.2, 0.25) is 10.0 Å². The van der Waals surface area contributed by atoms with Crippen molar-refractivity contribution in [2.45, 2.75) is 26.2 Å². The second-order valence-electron chi connectivity index (χ2n) is 3.46. The quantitative estimate of drug-likeness (QED) is 0.594. The van der Waals surface area contributed by atoms with E-state index in [0.29, 0.717) is 22.2 Å². The third-order valence-electron chi connectivity index (χ3n) is 2.13. The van der Waals surface area contributed by atoms with Crippen molar-refractivity contribution in [3.05, 3.63) is 33.8 Å². The average molecular weight is 261 g/mol. The molecular formula is C12H14Cl2O2. The van der Waals surface area contributed by atoms with Gasteiger partial charge in [0.25, 0.3) is 0 Å². The van der Waals surface area contributed by atoms with E-state index in [0.717, 1.165) is 12.8 Å². The molecule has 2 nitrogen and oxygen atoms in total. The fourth-order valence-corrected chi connectivity index (χ4v) is 1.61. The van der Waals surface area contributed by atoms with Gasteiger partial charge < -0.3 is 4.74 Å². The van der Waals surface area contributed by atoms with Gasteiger partial charge in [-0.15, -0.1) is 0 Å². The smallest absolute Gasteiger partial charge is 0.310 e. The molecule has 88 valence electrons. The molecule has 0 aliphatic rings. The zero-order valence-corrected chi connectivity index (χ0v) is 10.6. The van der Waals surface area contributed by atoms with Crippen molar-refractivity contribution in [3.63, 3.8) is 0 Å². The second-order valence-corrected chi connectivity index (χ2v) is 4.25. The van der Waals surface area contributed by atoms with Gasteiger partial charge in [0, 0.05) is 0 Å². The SMILES string of the molecule is CCCCOC(=O)Cc1cccc(Cl)c1Cl. The third-order valence-corrected chi connectivity index (χ3v) is 2.99. The van der Waals surface area contributed by atoms with E-state index in [4.69, 9.17) is 27.9 Å². The van der Waals surface area contributed by atoms with E-state index in [2.05, 4.69) is 0 Å². The van der Waals surface area contributed by atoms with Crippen LogP contribution in [0.25, 0.3) is 0 Å². The number of rotatable bonds is 5. The van der Waals surface area contributed by atoms with Crippen LogP contribution in [0, 0.1) is 0 Å². The number of halogens is 2. The van der Waals surface area contributed by atoms with Gasteiger partial charge >= 0.3 is 5.97 Å². The average Bonchev–Trinajstić information content (AvgIpc) is 2.25. The molecule has 0 spiro atoms. The number of hydrogen-bond acceptors (Lipinski definition) is 2. The van der Waals surface area contributed by atoms with E-state index in [9.17, 15) is 4.79 Å². The third kappa shape index (κ3) is 4.03. The first-order valence-corrected chi connectivity index (χ1v) is 5.99. The summed E-state index contributed by atoms with van der Waals surface area (Å²) in [5.74, 6) is -0.266. The van der Waals surface area contributed by atoms with E-state index in [-0.39, 0.29) is 12.4 Å². The van der Waals surface area contributed by atoms with Gasteiger partial charge in [-0.3, -0.25) is 4.79 Å². The van der Waals surface area contributed by atoms with E-state index in [1.165, 1.54) is 0 Å². The lowest BCUT2D eigenvalue weighted by Gasteiger charge is -2.06. The fourth-order valence-electron chi connectivity index (χ4n) is 1.22. The highest BCUT2D eigenvalue weighted by molar-refractivity contribution is 6.42. The van der Waals surface area contributed by atoms with Crippen molar-refractivity contribution < 1.29 is 9.53 Å². The fraction of sp³-hybridized carbons (Fsp3) is 0.417. The lowest BCUT2D eigenvalue weighted by molar-refractivity contribution is -0.142. The van der Waals surface area contributed by atoms with Crippen LogP contribution < -0.4 is 0 Å². The molecule has 0 radical (unpaired) electrons. The minimum atomic E-state index is -0.266. The van der Waals surface area contributed by atoms with Gasteiger partial charge in [-0.1, -0.05) is 48.7 Å². The number of carbonyl (C=O) groups is 1. The van der Waals surface area contributed by atoms with E-state index in [1.54, 1.807) is 18.2 Å². The predicted molar refractivity (Wildman–Crippen MR) is 66.0 cm³/mol.